The van der Waals surface area contributed by atoms with Crippen LogP contribution in [-0.4, -0.2) is 24.9 Å². The summed E-state index contributed by atoms with van der Waals surface area (Å²) in [6.07, 6.45) is 2.95. The van der Waals surface area contributed by atoms with Crippen molar-refractivity contribution in [2.75, 3.05) is 22.9 Å². The van der Waals surface area contributed by atoms with E-state index < -0.39 is 0 Å². The lowest BCUT2D eigenvalue weighted by atomic mass is 10.1. The van der Waals surface area contributed by atoms with Crippen LogP contribution in [0.25, 0.3) is 0 Å². The maximum Gasteiger partial charge on any atom is 0.294 e. The van der Waals surface area contributed by atoms with Gasteiger partial charge in [0.05, 0.1) is 12.5 Å². The Labute approximate surface area is 186 Å². The van der Waals surface area contributed by atoms with Crippen molar-refractivity contribution in [3.8, 4) is 0 Å². The first-order chi connectivity index (χ1) is 15.6. The van der Waals surface area contributed by atoms with Crippen LogP contribution < -0.4 is 9.80 Å². The molecule has 0 N–H and O–H groups in total. The molecule has 0 aliphatic rings. The van der Waals surface area contributed by atoms with Gasteiger partial charge < -0.3 is 18.6 Å². The Kier molecular flexibility index (Phi) is 6.22. The van der Waals surface area contributed by atoms with Gasteiger partial charge in [-0.1, -0.05) is 36.4 Å². The third-order valence-electron chi connectivity index (χ3n) is 5.31. The van der Waals surface area contributed by atoms with Crippen molar-refractivity contribution in [2.45, 2.75) is 13.8 Å². The fraction of sp³-hybridized carbons (Fsp3) is 0.154. The monoisotopic (exact) mass is 428 g/mol. The Bertz CT molecular complexity index is 1100. The summed E-state index contributed by atoms with van der Waals surface area (Å²) in [5.41, 5.74) is 3.44. The van der Waals surface area contributed by atoms with E-state index in [0.717, 1.165) is 22.5 Å². The van der Waals surface area contributed by atoms with E-state index in [2.05, 4.69) is 0 Å². The van der Waals surface area contributed by atoms with E-state index in [-0.39, 0.29) is 36.4 Å². The van der Waals surface area contributed by atoms with Gasteiger partial charge in [-0.3, -0.25) is 9.59 Å². The van der Waals surface area contributed by atoms with Gasteiger partial charge in [0.2, 0.25) is 0 Å². The zero-order chi connectivity index (χ0) is 22.5. The predicted molar refractivity (Wildman–Crippen MR) is 123 cm³/mol. The largest absolute Gasteiger partial charge is 0.459 e. The van der Waals surface area contributed by atoms with Crippen LogP contribution in [0.1, 0.15) is 32.2 Å². The molecule has 2 heterocycles. The van der Waals surface area contributed by atoms with Crippen LogP contribution in [0.4, 0.5) is 11.4 Å². The highest BCUT2D eigenvalue weighted by Gasteiger charge is 2.26. The molecular weight excluding hydrogens is 404 g/mol. The molecule has 0 spiro atoms. The van der Waals surface area contributed by atoms with E-state index in [1.807, 2.05) is 62.4 Å². The molecule has 0 saturated heterocycles. The number of hydrogen-bond donors (Lipinski definition) is 0. The number of carbonyl (C=O) groups is 2. The van der Waals surface area contributed by atoms with Crippen molar-refractivity contribution in [1.82, 2.24) is 0 Å². The normalized spacial score (nSPS) is 10.7. The van der Waals surface area contributed by atoms with Crippen molar-refractivity contribution >= 4 is 23.2 Å². The van der Waals surface area contributed by atoms with Crippen LogP contribution in [-0.2, 0) is 0 Å². The number of furan rings is 2. The standard InChI is InChI=1S/C26H24N2O4/c1-19-9-3-5-11-21(19)27(25(29)23-13-7-17-31-23)15-16-28(22-12-6-4-10-20(22)2)26(30)24-14-8-18-32-24/h3-14,17-18H,15-16H2,1-2H3. The number of anilines is 2. The maximum atomic E-state index is 13.3. The first kappa shape index (κ1) is 21.2. The topological polar surface area (TPSA) is 66.9 Å². The molecule has 6 heteroatoms. The number of hydrogen-bond acceptors (Lipinski definition) is 4. The molecule has 162 valence electrons. The summed E-state index contributed by atoms with van der Waals surface area (Å²) in [4.78, 5) is 29.9. The lowest BCUT2D eigenvalue weighted by molar-refractivity contribution is 0.0941. The zero-order valence-corrected chi connectivity index (χ0v) is 18.0. The number of amides is 2. The fourth-order valence-electron chi connectivity index (χ4n) is 3.66. The molecule has 0 aliphatic heterocycles. The van der Waals surface area contributed by atoms with Gasteiger partial charge in [-0.25, -0.2) is 0 Å². The fourth-order valence-corrected chi connectivity index (χ4v) is 3.66. The van der Waals surface area contributed by atoms with Gasteiger partial charge in [0.25, 0.3) is 11.8 Å². The number of rotatable bonds is 7. The number of para-hydroxylation sites is 2. The van der Waals surface area contributed by atoms with Gasteiger partial charge in [-0.2, -0.15) is 0 Å². The predicted octanol–water partition coefficient (Wildman–Crippen LogP) is 5.48. The molecule has 2 aromatic heterocycles. The molecule has 2 aromatic carbocycles. The number of carbonyl (C=O) groups excluding carboxylic acids is 2. The molecule has 0 radical (unpaired) electrons. The second-order valence-corrected chi connectivity index (χ2v) is 7.44. The first-order valence-electron chi connectivity index (χ1n) is 10.4. The van der Waals surface area contributed by atoms with Gasteiger partial charge in [0, 0.05) is 24.5 Å². The molecule has 0 fully saturated rings. The Morgan fingerprint density at radius 1 is 0.625 bits per heavy atom. The van der Waals surface area contributed by atoms with Crippen molar-refractivity contribution in [3.05, 3.63) is 108 Å². The van der Waals surface area contributed by atoms with Gasteiger partial charge in [0.1, 0.15) is 0 Å². The molecule has 0 atom stereocenters. The average molecular weight is 428 g/mol. The van der Waals surface area contributed by atoms with E-state index in [1.165, 1.54) is 12.5 Å². The van der Waals surface area contributed by atoms with Crippen LogP contribution in [0.2, 0.25) is 0 Å². The Hall–Kier alpha value is -4.06. The third-order valence-corrected chi connectivity index (χ3v) is 5.31. The summed E-state index contributed by atoms with van der Waals surface area (Å²) in [5, 5.41) is 0. The van der Waals surface area contributed by atoms with Crippen molar-refractivity contribution in [1.29, 1.82) is 0 Å². The van der Waals surface area contributed by atoms with E-state index in [4.69, 9.17) is 8.83 Å². The van der Waals surface area contributed by atoms with Gasteiger partial charge >= 0.3 is 0 Å². The molecule has 0 bridgehead atoms. The van der Waals surface area contributed by atoms with Crippen molar-refractivity contribution in [3.63, 3.8) is 0 Å². The average Bonchev–Trinajstić information content (AvgIpc) is 3.52. The Morgan fingerprint density at radius 3 is 1.38 bits per heavy atom. The Morgan fingerprint density at radius 2 is 1.03 bits per heavy atom. The molecule has 6 nitrogen and oxygen atoms in total. The van der Waals surface area contributed by atoms with E-state index in [1.54, 1.807) is 34.1 Å². The molecule has 32 heavy (non-hydrogen) atoms. The third kappa shape index (κ3) is 4.34. The number of aryl methyl sites for hydroxylation is 2. The second kappa shape index (κ2) is 9.39. The van der Waals surface area contributed by atoms with Crippen LogP contribution in [0.15, 0.2) is 94.2 Å². The maximum absolute atomic E-state index is 13.3. The van der Waals surface area contributed by atoms with Crippen LogP contribution in [0.3, 0.4) is 0 Å². The van der Waals surface area contributed by atoms with Crippen molar-refractivity contribution in [2.24, 2.45) is 0 Å². The summed E-state index contributed by atoms with van der Waals surface area (Å²) < 4.78 is 10.7. The van der Waals surface area contributed by atoms with Crippen molar-refractivity contribution < 1.29 is 18.4 Å². The highest BCUT2D eigenvalue weighted by molar-refractivity contribution is 6.06. The minimum absolute atomic E-state index is 0.244. The zero-order valence-electron chi connectivity index (χ0n) is 18.0. The molecule has 0 unspecified atom stereocenters. The van der Waals surface area contributed by atoms with Gasteiger partial charge in [0.15, 0.2) is 11.5 Å². The minimum Gasteiger partial charge on any atom is -0.459 e. The molecule has 4 rings (SSSR count). The minimum atomic E-state index is -0.264. The lowest BCUT2D eigenvalue weighted by Gasteiger charge is -2.29. The summed E-state index contributed by atoms with van der Waals surface area (Å²) >= 11 is 0. The summed E-state index contributed by atoms with van der Waals surface area (Å²) in [6.45, 7) is 4.44. The number of benzene rings is 2. The smallest absolute Gasteiger partial charge is 0.294 e. The second-order valence-electron chi connectivity index (χ2n) is 7.44. The summed E-state index contributed by atoms with van der Waals surface area (Å²) in [5.74, 6) is -0.0416. The molecule has 0 aliphatic carbocycles. The van der Waals surface area contributed by atoms with E-state index in [9.17, 15) is 9.59 Å². The van der Waals surface area contributed by atoms with Crippen LogP contribution in [0, 0.1) is 13.8 Å². The first-order valence-corrected chi connectivity index (χ1v) is 10.4. The Balaban J connectivity index is 1.68. The number of nitrogens with zero attached hydrogens (tertiary/aromatic N) is 2. The van der Waals surface area contributed by atoms with Crippen LogP contribution >= 0.6 is 0 Å². The highest BCUT2D eigenvalue weighted by atomic mass is 16.3. The SMILES string of the molecule is Cc1ccccc1N(CCN(C(=O)c1ccco1)c1ccccc1C)C(=O)c1ccco1. The quantitative estimate of drug-likeness (QED) is 0.391. The van der Waals surface area contributed by atoms with Gasteiger partial charge in [-0.15, -0.1) is 0 Å². The lowest BCUT2D eigenvalue weighted by Crippen LogP contribution is -2.42. The van der Waals surface area contributed by atoms with E-state index in [0.29, 0.717) is 0 Å². The highest BCUT2D eigenvalue weighted by Crippen LogP contribution is 2.25. The molecule has 4 aromatic rings. The van der Waals surface area contributed by atoms with Gasteiger partial charge in [-0.05, 0) is 61.4 Å². The summed E-state index contributed by atoms with van der Waals surface area (Å²) in [7, 11) is 0. The van der Waals surface area contributed by atoms with E-state index >= 15 is 0 Å². The molecule has 0 saturated carbocycles. The molecular formula is C26H24N2O4. The van der Waals surface area contributed by atoms with Crippen LogP contribution in [0.5, 0.6) is 0 Å². The molecule has 2 amide bonds. The summed E-state index contributed by atoms with van der Waals surface area (Å²) in [6, 6.07) is 22.0.